The van der Waals surface area contributed by atoms with Gasteiger partial charge in [-0.15, -0.1) is 0 Å². The van der Waals surface area contributed by atoms with E-state index in [2.05, 4.69) is 36.1 Å². The second-order valence-electron chi connectivity index (χ2n) is 7.61. The van der Waals surface area contributed by atoms with Gasteiger partial charge in [0.2, 0.25) is 0 Å². The number of anilines is 1. The molecule has 1 aliphatic rings. The number of aliphatic hydroxyl groups excluding tert-OH is 1. The van der Waals surface area contributed by atoms with Gasteiger partial charge in [-0.25, -0.2) is 0 Å². The van der Waals surface area contributed by atoms with Gasteiger partial charge >= 0.3 is 0 Å². The summed E-state index contributed by atoms with van der Waals surface area (Å²) in [5.41, 5.74) is 4.75. The number of halogens is 1. The molecule has 1 heterocycles. The summed E-state index contributed by atoms with van der Waals surface area (Å²) in [6.07, 6.45) is -0.459. The number of quaternary nitrogens is 1. The average molecular weight is 390 g/mol. The van der Waals surface area contributed by atoms with Crippen LogP contribution in [0.25, 0.3) is 0 Å². The summed E-state index contributed by atoms with van der Waals surface area (Å²) >= 11 is 6.16. The summed E-state index contributed by atoms with van der Waals surface area (Å²) < 4.78 is 5.85. The number of aliphatic hydroxyl groups is 1. The highest BCUT2D eigenvalue weighted by molar-refractivity contribution is 6.30. The van der Waals surface area contributed by atoms with Crippen LogP contribution in [0.15, 0.2) is 36.4 Å². The molecule has 2 N–H and O–H groups in total. The molecule has 27 heavy (non-hydrogen) atoms. The van der Waals surface area contributed by atoms with E-state index >= 15 is 0 Å². The van der Waals surface area contributed by atoms with E-state index in [0.717, 1.165) is 42.5 Å². The Bertz CT molecular complexity index is 773. The van der Waals surface area contributed by atoms with E-state index in [4.69, 9.17) is 16.3 Å². The minimum absolute atomic E-state index is 0.338. The lowest BCUT2D eigenvalue weighted by Crippen LogP contribution is -3.16. The number of rotatable bonds is 6. The summed E-state index contributed by atoms with van der Waals surface area (Å²) in [6.45, 7) is 11.2. The molecule has 1 aliphatic heterocycles. The second-order valence-corrected chi connectivity index (χ2v) is 8.04. The van der Waals surface area contributed by atoms with Crippen LogP contribution >= 0.6 is 11.6 Å². The third kappa shape index (κ3) is 5.38. The van der Waals surface area contributed by atoms with Gasteiger partial charge in [-0.05, 0) is 55.7 Å². The Morgan fingerprint density at radius 3 is 2.52 bits per heavy atom. The summed E-state index contributed by atoms with van der Waals surface area (Å²) in [6, 6.07) is 12.2. The highest BCUT2D eigenvalue weighted by Gasteiger charge is 2.23. The van der Waals surface area contributed by atoms with Crippen LogP contribution in [-0.4, -0.2) is 50.5 Å². The topological polar surface area (TPSA) is 37.1 Å². The molecule has 4 nitrogen and oxygen atoms in total. The Morgan fingerprint density at radius 2 is 1.78 bits per heavy atom. The highest BCUT2D eigenvalue weighted by Crippen LogP contribution is 2.24. The van der Waals surface area contributed by atoms with Gasteiger partial charge in [-0.3, -0.25) is 0 Å². The Balaban J connectivity index is 1.47. The maximum atomic E-state index is 10.4. The third-order valence-electron chi connectivity index (χ3n) is 5.28. The van der Waals surface area contributed by atoms with Gasteiger partial charge < -0.3 is 19.6 Å². The number of ether oxygens (including phenoxy) is 1. The third-order valence-corrected chi connectivity index (χ3v) is 5.52. The van der Waals surface area contributed by atoms with Crippen molar-refractivity contribution >= 4 is 17.3 Å². The van der Waals surface area contributed by atoms with Crippen LogP contribution < -0.4 is 14.5 Å². The molecule has 0 aromatic heterocycles. The van der Waals surface area contributed by atoms with Crippen molar-refractivity contribution in [3.63, 3.8) is 0 Å². The molecule has 0 aliphatic carbocycles. The van der Waals surface area contributed by atoms with Gasteiger partial charge in [0, 0.05) is 10.7 Å². The number of piperazine rings is 1. The van der Waals surface area contributed by atoms with E-state index < -0.39 is 6.10 Å². The lowest BCUT2D eigenvalue weighted by molar-refractivity contribution is -0.903. The molecule has 0 bridgehead atoms. The number of nitrogens with one attached hydrogen (secondary N) is 1. The number of hydrogen-bond acceptors (Lipinski definition) is 3. The van der Waals surface area contributed by atoms with Gasteiger partial charge in [0.15, 0.2) is 0 Å². The molecule has 0 amide bonds. The molecule has 1 atom stereocenters. The zero-order valence-electron chi connectivity index (χ0n) is 16.5. The number of nitrogens with zero attached hydrogens (tertiary/aromatic N) is 1. The summed E-state index contributed by atoms with van der Waals surface area (Å²) in [5, 5.41) is 11.2. The van der Waals surface area contributed by atoms with E-state index in [0.29, 0.717) is 13.2 Å². The zero-order chi connectivity index (χ0) is 19.4. The fraction of sp³-hybridized carbons (Fsp3) is 0.455. The molecule has 5 heteroatoms. The van der Waals surface area contributed by atoms with Crippen LogP contribution in [0, 0.1) is 20.8 Å². The molecule has 0 saturated carbocycles. The largest absolute Gasteiger partial charge is 0.490 e. The average Bonchev–Trinajstić information content (AvgIpc) is 2.65. The van der Waals surface area contributed by atoms with Gasteiger partial charge in [0.05, 0.1) is 26.2 Å². The smallest absolute Gasteiger partial charge is 0.137 e. The molecule has 0 radical (unpaired) electrons. The van der Waals surface area contributed by atoms with E-state index in [1.54, 1.807) is 0 Å². The normalized spacial score (nSPS) is 16.4. The van der Waals surface area contributed by atoms with Crippen molar-refractivity contribution in [3.8, 4) is 5.75 Å². The minimum atomic E-state index is -0.459. The molecule has 2 aromatic carbocycles. The minimum Gasteiger partial charge on any atom is -0.490 e. The molecule has 1 fully saturated rings. The zero-order valence-corrected chi connectivity index (χ0v) is 17.2. The van der Waals surface area contributed by atoms with Crippen LogP contribution in [0.2, 0.25) is 5.02 Å². The molecule has 2 aromatic rings. The van der Waals surface area contributed by atoms with Gasteiger partial charge in [-0.1, -0.05) is 29.8 Å². The van der Waals surface area contributed by atoms with Crippen LogP contribution in [0.5, 0.6) is 5.75 Å². The SMILES string of the molecule is Cc1ccc(C)c(OC[C@H](O)C[NH+]2CCN(c3cc(Cl)ccc3C)CC2)c1. The summed E-state index contributed by atoms with van der Waals surface area (Å²) in [4.78, 5) is 3.81. The van der Waals surface area contributed by atoms with Crippen LogP contribution in [-0.2, 0) is 0 Å². The number of hydrogen-bond donors (Lipinski definition) is 2. The molecular formula is C22H30ClN2O2+. The quantitative estimate of drug-likeness (QED) is 0.796. The van der Waals surface area contributed by atoms with Gasteiger partial charge in [-0.2, -0.15) is 0 Å². The maximum absolute atomic E-state index is 10.4. The monoisotopic (exact) mass is 389 g/mol. The van der Waals surface area contributed by atoms with E-state index in [9.17, 15) is 5.11 Å². The van der Waals surface area contributed by atoms with Crippen molar-refractivity contribution in [2.45, 2.75) is 26.9 Å². The second kappa shape index (κ2) is 8.96. The van der Waals surface area contributed by atoms with Crippen LogP contribution in [0.3, 0.4) is 0 Å². The fourth-order valence-electron chi connectivity index (χ4n) is 3.63. The Morgan fingerprint density at radius 1 is 1.07 bits per heavy atom. The highest BCUT2D eigenvalue weighted by atomic mass is 35.5. The van der Waals surface area contributed by atoms with E-state index in [1.165, 1.54) is 21.7 Å². The Hall–Kier alpha value is -1.75. The van der Waals surface area contributed by atoms with E-state index in [-0.39, 0.29) is 0 Å². The first kappa shape index (κ1) is 20.0. The van der Waals surface area contributed by atoms with Crippen molar-refractivity contribution in [2.75, 3.05) is 44.2 Å². The molecule has 1 saturated heterocycles. The fourth-order valence-corrected chi connectivity index (χ4v) is 3.80. The van der Waals surface area contributed by atoms with Crippen LogP contribution in [0.1, 0.15) is 16.7 Å². The van der Waals surface area contributed by atoms with Gasteiger partial charge in [0.25, 0.3) is 0 Å². The van der Waals surface area contributed by atoms with Crippen molar-refractivity contribution in [3.05, 3.63) is 58.1 Å². The maximum Gasteiger partial charge on any atom is 0.137 e. The lowest BCUT2D eigenvalue weighted by Gasteiger charge is -2.35. The first-order valence-electron chi connectivity index (χ1n) is 9.65. The van der Waals surface area contributed by atoms with Crippen LogP contribution in [0.4, 0.5) is 5.69 Å². The Kier molecular flexibility index (Phi) is 6.64. The summed E-state index contributed by atoms with van der Waals surface area (Å²) in [5.74, 6) is 0.866. The van der Waals surface area contributed by atoms with Crippen molar-refractivity contribution in [2.24, 2.45) is 0 Å². The molecular weight excluding hydrogens is 360 g/mol. The van der Waals surface area contributed by atoms with Crippen molar-refractivity contribution in [1.82, 2.24) is 0 Å². The molecule has 3 rings (SSSR count). The first-order valence-corrected chi connectivity index (χ1v) is 10.0. The van der Waals surface area contributed by atoms with Crippen molar-refractivity contribution in [1.29, 1.82) is 0 Å². The number of benzene rings is 2. The predicted molar refractivity (Wildman–Crippen MR) is 111 cm³/mol. The molecule has 146 valence electrons. The van der Waals surface area contributed by atoms with E-state index in [1.807, 2.05) is 26.0 Å². The standard InChI is InChI=1S/C22H29ClN2O2/c1-16-4-5-18(3)22(12-16)27-15-20(26)14-24-8-10-25(11-9-24)21-13-19(23)7-6-17(21)2/h4-7,12-13,20,26H,8-11,14-15H2,1-3H3/p+1/t20-/m1/s1. The van der Waals surface area contributed by atoms with Gasteiger partial charge in [0.1, 0.15) is 25.0 Å². The number of aryl methyl sites for hydroxylation is 3. The Labute approximate surface area is 167 Å². The summed E-state index contributed by atoms with van der Waals surface area (Å²) in [7, 11) is 0. The lowest BCUT2D eigenvalue weighted by atomic mass is 10.1. The molecule has 0 spiro atoms. The predicted octanol–water partition coefficient (Wildman–Crippen LogP) is 2.41. The van der Waals surface area contributed by atoms with Crippen molar-refractivity contribution < 1.29 is 14.7 Å². The first-order chi connectivity index (χ1) is 12.9. The molecule has 0 unspecified atom stereocenters.